The number of nitrogens with zero attached hydrogens (tertiary/aromatic N) is 3. The fraction of sp³-hybridized carbons (Fsp3) is 0.294. The Morgan fingerprint density at radius 2 is 2.13 bits per heavy atom. The molecule has 3 heterocycles. The van der Waals surface area contributed by atoms with Crippen LogP contribution in [-0.4, -0.2) is 27.5 Å². The van der Waals surface area contributed by atoms with Crippen molar-refractivity contribution in [2.24, 2.45) is 0 Å². The molecule has 1 aliphatic rings. The fourth-order valence-electron chi connectivity index (χ4n) is 3.07. The predicted molar refractivity (Wildman–Crippen MR) is 89.3 cm³/mol. The van der Waals surface area contributed by atoms with Crippen molar-refractivity contribution in [1.82, 2.24) is 14.5 Å². The lowest BCUT2D eigenvalue weighted by Gasteiger charge is -2.18. The van der Waals surface area contributed by atoms with Crippen molar-refractivity contribution >= 4 is 22.2 Å². The molecule has 118 valence electrons. The second-order valence-corrected chi connectivity index (χ2v) is 6.58. The van der Waals surface area contributed by atoms with E-state index in [9.17, 15) is 9.18 Å². The van der Waals surface area contributed by atoms with E-state index in [0.29, 0.717) is 17.4 Å². The van der Waals surface area contributed by atoms with Gasteiger partial charge in [0.05, 0.1) is 10.9 Å². The third kappa shape index (κ3) is 2.80. The first-order chi connectivity index (χ1) is 11.2. The first-order valence-corrected chi connectivity index (χ1v) is 8.57. The monoisotopic (exact) mass is 329 g/mol. The molecule has 0 spiro atoms. The van der Waals surface area contributed by atoms with E-state index in [1.807, 2.05) is 0 Å². The average Bonchev–Trinajstić information content (AvgIpc) is 2.97. The molecule has 0 saturated heterocycles. The largest absolute Gasteiger partial charge is 0.297 e. The summed E-state index contributed by atoms with van der Waals surface area (Å²) in [5.41, 5.74) is 1.74. The summed E-state index contributed by atoms with van der Waals surface area (Å²) in [5.74, 6) is 0.395. The Hall–Kier alpha value is -2.05. The van der Waals surface area contributed by atoms with Gasteiger partial charge in [0.1, 0.15) is 11.6 Å². The van der Waals surface area contributed by atoms with Crippen LogP contribution in [-0.2, 0) is 19.5 Å². The molecule has 0 bridgehead atoms. The lowest BCUT2D eigenvalue weighted by molar-refractivity contribution is 0.271. The maximum Gasteiger partial charge on any atom is 0.261 e. The molecule has 4 nitrogen and oxygen atoms in total. The van der Waals surface area contributed by atoms with Crippen LogP contribution in [0.5, 0.6) is 0 Å². The second kappa shape index (κ2) is 5.86. The summed E-state index contributed by atoms with van der Waals surface area (Å²) < 4.78 is 15.1. The SMILES string of the molecule is O=c1c2cc(F)ccc2nc2n1CCN(Cc1ccsc1)CC2. The molecular formula is C17H16FN3OS. The molecule has 4 rings (SSSR count). The molecule has 1 aromatic carbocycles. The van der Waals surface area contributed by atoms with Crippen molar-refractivity contribution in [2.75, 3.05) is 13.1 Å². The lowest BCUT2D eigenvalue weighted by Crippen LogP contribution is -2.28. The van der Waals surface area contributed by atoms with Gasteiger partial charge in [-0.15, -0.1) is 0 Å². The molecule has 1 aliphatic heterocycles. The highest BCUT2D eigenvalue weighted by Crippen LogP contribution is 2.15. The van der Waals surface area contributed by atoms with Gasteiger partial charge in [-0.1, -0.05) is 0 Å². The van der Waals surface area contributed by atoms with E-state index in [4.69, 9.17) is 0 Å². The highest BCUT2D eigenvalue weighted by Gasteiger charge is 2.18. The molecule has 0 atom stereocenters. The minimum atomic E-state index is -0.398. The zero-order chi connectivity index (χ0) is 15.8. The number of aromatic nitrogens is 2. The number of rotatable bonds is 2. The van der Waals surface area contributed by atoms with E-state index in [0.717, 1.165) is 31.9 Å². The molecule has 0 fully saturated rings. The van der Waals surface area contributed by atoms with Gasteiger partial charge in [-0.2, -0.15) is 11.3 Å². The van der Waals surface area contributed by atoms with Crippen LogP contribution >= 0.6 is 11.3 Å². The van der Waals surface area contributed by atoms with Crippen molar-refractivity contribution in [3.8, 4) is 0 Å². The summed E-state index contributed by atoms with van der Waals surface area (Å²) in [7, 11) is 0. The number of hydrogen-bond donors (Lipinski definition) is 0. The average molecular weight is 329 g/mol. The van der Waals surface area contributed by atoms with E-state index >= 15 is 0 Å². The van der Waals surface area contributed by atoms with Gasteiger partial charge in [0, 0.05) is 32.6 Å². The highest BCUT2D eigenvalue weighted by molar-refractivity contribution is 7.07. The first-order valence-electron chi connectivity index (χ1n) is 7.63. The smallest absolute Gasteiger partial charge is 0.261 e. The Bertz CT molecular complexity index is 904. The highest BCUT2D eigenvalue weighted by atomic mass is 32.1. The Morgan fingerprint density at radius 1 is 1.22 bits per heavy atom. The molecule has 0 N–H and O–H groups in total. The summed E-state index contributed by atoms with van der Waals surface area (Å²) in [4.78, 5) is 19.6. The molecular weight excluding hydrogens is 313 g/mol. The van der Waals surface area contributed by atoms with Crippen LogP contribution in [0.3, 0.4) is 0 Å². The molecule has 2 aromatic heterocycles. The zero-order valence-electron chi connectivity index (χ0n) is 12.5. The molecule has 0 saturated carbocycles. The van der Waals surface area contributed by atoms with E-state index in [1.165, 1.54) is 17.7 Å². The zero-order valence-corrected chi connectivity index (χ0v) is 13.4. The summed E-state index contributed by atoms with van der Waals surface area (Å²) in [6, 6.07) is 6.35. The number of benzene rings is 1. The van der Waals surface area contributed by atoms with Crippen LogP contribution in [0.4, 0.5) is 4.39 Å². The topological polar surface area (TPSA) is 38.1 Å². The minimum Gasteiger partial charge on any atom is -0.297 e. The summed E-state index contributed by atoms with van der Waals surface area (Å²) >= 11 is 1.70. The van der Waals surface area contributed by atoms with Crippen LogP contribution in [0.15, 0.2) is 39.8 Å². The first kappa shape index (κ1) is 14.5. The maximum absolute atomic E-state index is 13.4. The fourth-order valence-corrected chi connectivity index (χ4v) is 3.73. The van der Waals surface area contributed by atoms with E-state index in [1.54, 1.807) is 22.0 Å². The number of halogens is 1. The molecule has 23 heavy (non-hydrogen) atoms. The van der Waals surface area contributed by atoms with Crippen molar-refractivity contribution < 1.29 is 4.39 Å². The van der Waals surface area contributed by atoms with Gasteiger partial charge in [-0.25, -0.2) is 9.37 Å². The molecule has 0 radical (unpaired) electrons. The Labute approximate surface area is 136 Å². The standard InChI is InChI=1S/C17H16FN3OS/c18-13-1-2-15-14(9-13)17(22)21-7-6-20(5-3-16(21)19-15)10-12-4-8-23-11-12/h1-2,4,8-9,11H,3,5-7,10H2. The van der Waals surface area contributed by atoms with Gasteiger partial charge in [-0.05, 0) is 40.6 Å². The van der Waals surface area contributed by atoms with Gasteiger partial charge in [0.2, 0.25) is 0 Å². The predicted octanol–water partition coefficient (Wildman–Crippen LogP) is 2.66. The second-order valence-electron chi connectivity index (χ2n) is 5.80. The van der Waals surface area contributed by atoms with Crippen LogP contribution < -0.4 is 5.56 Å². The number of thiophene rings is 1. The van der Waals surface area contributed by atoms with Crippen molar-refractivity contribution in [1.29, 1.82) is 0 Å². The van der Waals surface area contributed by atoms with Gasteiger partial charge >= 0.3 is 0 Å². The Kier molecular flexibility index (Phi) is 3.71. The molecule has 0 amide bonds. The van der Waals surface area contributed by atoms with Crippen LogP contribution in [0.2, 0.25) is 0 Å². The van der Waals surface area contributed by atoms with Crippen LogP contribution in [0.1, 0.15) is 11.4 Å². The molecule has 6 heteroatoms. The summed E-state index contributed by atoms with van der Waals surface area (Å²) in [6.07, 6.45) is 0.729. The third-order valence-electron chi connectivity index (χ3n) is 4.27. The van der Waals surface area contributed by atoms with Crippen LogP contribution in [0.25, 0.3) is 10.9 Å². The normalized spacial score (nSPS) is 15.5. The maximum atomic E-state index is 13.4. The van der Waals surface area contributed by atoms with Crippen molar-refractivity contribution in [2.45, 2.75) is 19.5 Å². The van der Waals surface area contributed by atoms with Crippen molar-refractivity contribution in [3.05, 3.63) is 62.6 Å². The van der Waals surface area contributed by atoms with E-state index in [2.05, 4.69) is 26.7 Å². The van der Waals surface area contributed by atoms with Crippen LogP contribution in [0, 0.1) is 5.82 Å². The van der Waals surface area contributed by atoms with E-state index < -0.39 is 5.82 Å². The summed E-state index contributed by atoms with van der Waals surface area (Å²) in [6.45, 7) is 3.15. The summed E-state index contributed by atoms with van der Waals surface area (Å²) in [5, 5.41) is 4.59. The molecule has 0 unspecified atom stereocenters. The number of hydrogen-bond acceptors (Lipinski definition) is 4. The van der Waals surface area contributed by atoms with Gasteiger partial charge < -0.3 is 0 Å². The van der Waals surface area contributed by atoms with Gasteiger partial charge in [0.25, 0.3) is 5.56 Å². The minimum absolute atomic E-state index is 0.137. The quantitative estimate of drug-likeness (QED) is 0.725. The van der Waals surface area contributed by atoms with Gasteiger partial charge in [0.15, 0.2) is 0 Å². The third-order valence-corrected chi connectivity index (χ3v) is 5.01. The van der Waals surface area contributed by atoms with Gasteiger partial charge in [-0.3, -0.25) is 14.3 Å². The Balaban J connectivity index is 1.67. The van der Waals surface area contributed by atoms with Crippen molar-refractivity contribution in [3.63, 3.8) is 0 Å². The van der Waals surface area contributed by atoms with E-state index in [-0.39, 0.29) is 5.56 Å². The Morgan fingerprint density at radius 3 is 2.96 bits per heavy atom. The molecule has 3 aromatic rings. The lowest BCUT2D eigenvalue weighted by atomic mass is 10.2. The number of fused-ring (bicyclic) bond motifs is 2. The molecule has 0 aliphatic carbocycles.